The largest absolute Gasteiger partial charge is 0.373 e. The Bertz CT molecular complexity index is 527. The van der Waals surface area contributed by atoms with Crippen molar-refractivity contribution in [3.05, 3.63) is 34.6 Å². The molecule has 1 aromatic carbocycles. The summed E-state index contributed by atoms with van der Waals surface area (Å²) in [6, 6.07) is 7.17. The summed E-state index contributed by atoms with van der Waals surface area (Å²) >= 11 is 5.66. The second-order valence-electron chi connectivity index (χ2n) is 5.22. The van der Waals surface area contributed by atoms with Crippen LogP contribution in [0.15, 0.2) is 18.2 Å². The molecule has 2 aliphatic heterocycles. The number of nitrogens with zero attached hydrogens (tertiary/aromatic N) is 1. The van der Waals surface area contributed by atoms with E-state index in [1.807, 2.05) is 0 Å². The molecule has 2 fully saturated rings. The molecule has 94 valence electrons. The molecule has 3 rings (SSSR count). The standard InChI is InChI=1S/C14H13ClFNO/c15-11-3-1-9(5-12(11)16)6-14(8-17)7-10-2-4-13(14)18-10/h1,3,5,10,13H,2,4,6-7H2. The zero-order valence-corrected chi connectivity index (χ0v) is 10.6. The van der Waals surface area contributed by atoms with Gasteiger partial charge in [0.25, 0.3) is 0 Å². The first-order chi connectivity index (χ1) is 8.63. The van der Waals surface area contributed by atoms with E-state index in [4.69, 9.17) is 16.3 Å². The van der Waals surface area contributed by atoms with Crippen LogP contribution in [0.2, 0.25) is 5.02 Å². The van der Waals surface area contributed by atoms with Gasteiger partial charge < -0.3 is 4.74 Å². The van der Waals surface area contributed by atoms with E-state index >= 15 is 0 Å². The van der Waals surface area contributed by atoms with Gasteiger partial charge in [-0.25, -0.2) is 4.39 Å². The normalized spacial score (nSPS) is 33.6. The number of benzene rings is 1. The minimum absolute atomic E-state index is 0.00578. The molecule has 4 heteroatoms. The Balaban J connectivity index is 1.87. The molecule has 1 aromatic rings. The number of halogens is 2. The van der Waals surface area contributed by atoms with Crippen LogP contribution in [0.3, 0.4) is 0 Å². The van der Waals surface area contributed by atoms with E-state index in [0.717, 1.165) is 24.8 Å². The van der Waals surface area contributed by atoms with E-state index in [-0.39, 0.29) is 17.2 Å². The molecule has 2 saturated heterocycles. The number of hydrogen-bond acceptors (Lipinski definition) is 2. The molecule has 0 aliphatic carbocycles. The zero-order valence-electron chi connectivity index (χ0n) is 9.83. The summed E-state index contributed by atoms with van der Waals surface area (Å²) in [4.78, 5) is 0. The van der Waals surface area contributed by atoms with Crippen LogP contribution in [-0.2, 0) is 11.2 Å². The first kappa shape index (κ1) is 12.0. The van der Waals surface area contributed by atoms with Gasteiger partial charge in [0.1, 0.15) is 5.82 Å². The predicted molar refractivity (Wildman–Crippen MR) is 65.7 cm³/mol. The fraction of sp³-hybridized carbons (Fsp3) is 0.500. The number of nitriles is 1. The van der Waals surface area contributed by atoms with E-state index in [9.17, 15) is 9.65 Å². The number of rotatable bonds is 2. The molecule has 0 aromatic heterocycles. The van der Waals surface area contributed by atoms with Crippen molar-refractivity contribution < 1.29 is 9.13 Å². The van der Waals surface area contributed by atoms with Gasteiger partial charge in [-0.05, 0) is 43.4 Å². The molecule has 2 nitrogen and oxygen atoms in total. The minimum Gasteiger partial charge on any atom is -0.373 e. The second kappa shape index (κ2) is 4.22. The Labute approximate surface area is 110 Å². The number of hydrogen-bond donors (Lipinski definition) is 0. The molecule has 0 radical (unpaired) electrons. The van der Waals surface area contributed by atoms with Gasteiger partial charge in [0, 0.05) is 0 Å². The summed E-state index contributed by atoms with van der Waals surface area (Å²) < 4.78 is 19.2. The second-order valence-corrected chi connectivity index (χ2v) is 5.63. The van der Waals surface area contributed by atoms with E-state index in [1.54, 1.807) is 12.1 Å². The molecule has 0 N–H and O–H groups in total. The van der Waals surface area contributed by atoms with E-state index in [1.165, 1.54) is 6.07 Å². The van der Waals surface area contributed by atoms with Crippen LogP contribution in [-0.4, -0.2) is 12.2 Å². The van der Waals surface area contributed by atoms with Crippen molar-refractivity contribution in [3.8, 4) is 6.07 Å². The lowest BCUT2D eigenvalue weighted by Gasteiger charge is -2.28. The highest BCUT2D eigenvalue weighted by Crippen LogP contribution is 2.49. The third-order valence-corrected chi connectivity index (χ3v) is 4.35. The van der Waals surface area contributed by atoms with Crippen LogP contribution in [0.5, 0.6) is 0 Å². The smallest absolute Gasteiger partial charge is 0.142 e. The quantitative estimate of drug-likeness (QED) is 0.820. The van der Waals surface area contributed by atoms with Gasteiger partial charge in [-0.15, -0.1) is 0 Å². The maximum Gasteiger partial charge on any atom is 0.142 e. The van der Waals surface area contributed by atoms with Gasteiger partial charge in [-0.2, -0.15) is 5.26 Å². The summed E-state index contributed by atoms with van der Waals surface area (Å²) in [6.07, 6.45) is 3.51. The molecular formula is C14H13ClFNO. The SMILES string of the molecule is N#CC1(Cc2ccc(Cl)c(F)c2)CC2CCC1O2. The maximum atomic E-state index is 13.4. The van der Waals surface area contributed by atoms with Crippen molar-refractivity contribution in [2.75, 3.05) is 0 Å². The zero-order chi connectivity index (χ0) is 12.8. The average molecular weight is 266 g/mol. The molecule has 3 atom stereocenters. The lowest BCUT2D eigenvalue weighted by Crippen LogP contribution is -2.33. The van der Waals surface area contributed by atoms with E-state index < -0.39 is 11.2 Å². The van der Waals surface area contributed by atoms with Gasteiger partial charge >= 0.3 is 0 Å². The summed E-state index contributed by atoms with van der Waals surface area (Å²) in [5, 5.41) is 9.59. The highest BCUT2D eigenvalue weighted by Gasteiger charge is 2.52. The fourth-order valence-electron chi connectivity index (χ4n) is 3.16. The first-order valence-corrected chi connectivity index (χ1v) is 6.51. The van der Waals surface area contributed by atoms with Gasteiger partial charge in [0.15, 0.2) is 0 Å². The Kier molecular flexibility index (Phi) is 2.80. The van der Waals surface area contributed by atoms with Crippen molar-refractivity contribution in [3.63, 3.8) is 0 Å². The molecule has 2 aliphatic rings. The maximum absolute atomic E-state index is 13.4. The van der Waals surface area contributed by atoms with Crippen LogP contribution >= 0.6 is 11.6 Å². The lowest BCUT2D eigenvalue weighted by atomic mass is 9.71. The molecule has 2 heterocycles. The highest BCUT2D eigenvalue weighted by molar-refractivity contribution is 6.30. The minimum atomic E-state index is -0.483. The molecule has 0 amide bonds. The Morgan fingerprint density at radius 1 is 1.50 bits per heavy atom. The van der Waals surface area contributed by atoms with Crippen LogP contribution in [0.4, 0.5) is 4.39 Å². The third-order valence-electron chi connectivity index (χ3n) is 4.04. The molecule has 0 spiro atoms. The molecule has 2 bridgehead atoms. The van der Waals surface area contributed by atoms with Crippen molar-refractivity contribution in [1.29, 1.82) is 5.26 Å². The Hall–Kier alpha value is -1.11. The lowest BCUT2D eigenvalue weighted by molar-refractivity contribution is 0.0787. The molecule has 18 heavy (non-hydrogen) atoms. The van der Waals surface area contributed by atoms with E-state index in [2.05, 4.69) is 6.07 Å². The number of ether oxygens (including phenoxy) is 1. The molecule has 0 saturated carbocycles. The van der Waals surface area contributed by atoms with Gasteiger partial charge in [-0.3, -0.25) is 0 Å². The Morgan fingerprint density at radius 2 is 2.33 bits per heavy atom. The highest BCUT2D eigenvalue weighted by atomic mass is 35.5. The van der Waals surface area contributed by atoms with Gasteiger partial charge in [-0.1, -0.05) is 17.7 Å². The van der Waals surface area contributed by atoms with Crippen LogP contribution in [0.25, 0.3) is 0 Å². The van der Waals surface area contributed by atoms with Crippen LogP contribution in [0.1, 0.15) is 24.8 Å². The summed E-state index contributed by atoms with van der Waals surface area (Å²) in [5.41, 5.74) is 0.331. The topological polar surface area (TPSA) is 33.0 Å². The van der Waals surface area contributed by atoms with Gasteiger partial charge in [0.05, 0.1) is 28.7 Å². The monoisotopic (exact) mass is 265 g/mol. The average Bonchev–Trinajstić information content (AvgIpc) is 2.94. The Morgan fingerprint density at radius 3 is 2.89 bits per heavy atom. The summed E-state index contributed by atoms with van der Waals surface area (Å²) in [5.74, 6) is -0.425. The summed E-state index contributed by atoms with van der Waals surface area (Å²) in [7, 11) is 0. The third kappa shape index (κ3) is 1.81. The van der Waals surface area contributed by atoms with Crippen molar-refractivity contribution >= 4 is 11.6 Å². The van der Waals surface area contributed by atoms with Crippen LogP contribution in [0, 0.1) is 22.6 Å². The van der Waals surface area contributed by atoms with Crippen molar-refractivity contribution in [2.45, 2.75) is 37.9 Å². The summed E-state index contributed by atoms with van der Waals surface area (Å²) in [6.45, 7) is 0. The predicted octanol–water partition coefficient (Wildman–Crippen LogP) is 3.48. The van der Waals surface area contributed by atoms with E-state index in [0.29, 0.717) is 6.42 Å². The first-order valence-electron chi connectivity index (χ1n) is 6.14. The molecule has 3 unspecified atom stereocenters. The number of fused-ring (bicyclic) bond motifs is 2. The molecular weight excluding hydrogens is 253 g/mol. The van der Waals surface area contributed by atoms with Crippen LogP contribution < -0.4 is 0 Å². The van der Waals surface area contributed by atoms with Gasteiger partial charge in [0.2, 0.25) is 0 Å². The van der Waals surface area contributed by atoms with Crippen molar-refractivity contribution in [1.82, 2.24) is 0 Å². The fourth-order valence-corrected chi connectivity index (χ4v) is 3.27. The van der Waals surface area contributed by atoms with Crippen molar-refractivity contribution in [2.24, 2.45) is 5.41 Å².